The second kappa shape index (κ2) is 9.51. The van der Waals surface area contributed by atoms with Crippen LogP contribution in [0.3, 0.4) is 0 Å². The Morgan fingerprint density at radius 3 is 2.47 bits per heavy atom. The van der Waals surface area contributed by atoms with Crippen molar-refractivity contribution in [3.8, 4) is 5.69 Å². The van der Waals surface area contributed by atoms with Crippen LogP contribution in [0.4, 0.5) is 4.79 Å². The van der Waals surface area contributed by atoms with Gasteiger partial charge in [0, 0.05) is 28.1 Å². The average molecular weight is 509 g/mol. The fraction of sp³-hybridized carbons (Fsp3) is 0.231. The van der Waals surface area contributed by atoms with Crippen LogP contribution in [0.2, 0.25) is 0 Å². The maximum atomic E-state index is 12.9. The second-order valence-electron chi connectivity index (χ2n) is 8.02. The normalized spacial score (nSPS) is 15.2. The number of carbonyl (C=O) groups is 2. The molecule has 4 rings (SSSR count). The van der Waals surface area contributed by atoms with Gasteiger partial charge in [0.15, 0.2) is 0 Å². The van der Waals surface area contributed by atoms with E-state index >= 15 is 0 Å². The van der Waals surface area contributed by atoms with Crippen LogP contribution < -0.4 is 0 Å². The Labute approximate surface area is 201 Å². The molecule has 1 fully saturated rings. The highest BCUT2D eigenvalue weighted by Gasteiger charge is 2.34. The second-order valence-corrected chi connectivity index (χ2v) is 9.87. The summed E-state index contributed by atoms with van der Waals surface area (Å²) in [5.74, 6) is -0.197. The van der Waals surface area contributed by atoms with Gasteiger partial charge in [0.05, 0.1) is 4.91 Å². The molecule has 3 aromatic rings. The van der Waals surface area contributed by atoms with E-state index in [0.717, 1.165) is 57.3 Å². The molecule has 0 unspecified atom stereocenters. The third kappa shape index (κ3) is 4.62. The van der Waals surface area contributed by atoms with Crippen LogP contribution in [0.1, 0.15) is 34.5 Å². The summed E-state index contributed by atoms with van der Waals surface area (Å²) in [6.45, 7) is 6.60. The first kappa shape index (κ1) is 22.6. The minimum atomic E-state index is -0.197. The van der Waals surface area contributed by atoms with Crippen molar-refractivity contribution in [1.29, 1.82) is 0 Å². The summed E-state index contributed by atoms with van der Waals surface area (Å²) in [5, 5.41) is -0.188. The van der Waals surface area contributed by atoms with Crippen molar-refractivity contribution in [1.82, 2.24) is 9.47 Å². The van der Waals surface area contributed by atoms with Gasteiger partial charge in [-0.2, -0.15) is 0 Å². The van der Waals surface area contributed by atoms with Crippen LogP contribution in [-0.4, -0.2) is 27.2 Å². The number of hydrogen-bond acceptors (Lipinski definition) is 3. The van der Waals surface area contributed by atoms with Crippen LogP contribution in [0.15, 0.2) is 64.0 Å². The largest absolute Gasteiger partial charge is 0.318 e. The average Bonchev–Trinajstić information content (AvgIpc) is 3.20. The summed E-state index contributed by atoms with van der Waals surface area (Å²) in [7, 11) is 0. The number of amides is 2. The molecule has 0 radical (unpaired) electrons. The van der Waals surface area contributed by atoms with Crippen LogP contribution in [0.5, 0.6) is 0 Å². The lowest BCUT2D eigenvalue weighted by molar-refractivity contribution is -0.122. The minimum absolute atomic E-state index is 0.188. The Morgan fingerprint density at radius 1 is 1.00 bits per heavy atom. The highest BCUT2D eigenvalue weighted by Crippen LogP contribution is 2.34. The third-order valence-corrected chi connectivity index (χ3v) is 7.52. The van der Waals surface area contributed by atoms with Crippen molar-refractivity contribution in [2.45, 2.75) is 33.6 Å². The number of rotatable bonds is 6. The quantitative estimate of drug-likeness (QED) is 0.342. The first-order valence-electron chi connectivity index (χ1n) is 10.6. The summed E-state index contributed by atoms with van der Waals surface area (Å²) >= 11 is 4.59. The molecule has 164 valence electrons. The summed E-state index contributed by atoms with van der Waals surface area (Å²) < 4.78 is 3.25. The van der Waals surface area contributed by atoms with Crippen molar-refractivity contribution in [2.24, 2.45) is 0 Å². The summed E-state index contributed by atoms with van der Waals surface area (Å²) in [6.07, 6.45) is 3.45. The molecule has 2 heterocycles. The molecule has 0 bridgehead atoms. The minimum Gasteiger partial charge on any atom is -0.318 e. The lowest BCUT2D eigenvalue weighted by atomic mass is 10.1. The van der Waals surface area contributed by atoms with E-state index in [1.807, 2.05) is 37.3 Å². The molecule has 0 atom stereocenters. The van der Waals surface area contributed by atoms with Crippen molar-refractivity contribution >= 4 is 44.9 Å². The molecule has 4 nitrogen and oxygen atoms in total. The Morgan fingerprint density at radius 2 is 1.75 bits per heavy atom. The molecular weight excluding hydrogens is 484 g/mol. The van der Waals surface area contributed by atoms with Gasteiger partial charge in [-0.25, -0.2) is 0 Å². The SMILES string of the molecule is Cc1cc(-n2c(C)cc(/C=C3\SC(=O)N(CCCc4ccccc4)C3=O)c2C)ccc1Br. The van der Waals surface area contributed by atoms with Gasteiger partial charge in [-0.05, 0) is 92.4 Å². The maximum Gasteiger partial charge on any atom is 0.293 e. The smallest absolute Gasteiger partial charge is 0.293 e. The molecule has 32 heavy (non-hydrogen) atoms. The molecule has 1 aliphatic heterocycles. The molecule has 6 heteroatoms. The van der Waals surface area contributed by atoms with Crippen LogP contribution in [-0.2, 0) is 11.2 Å². The Hall–Kier alpha value is -2.57. The van der Waals surface area contributed by atoms with E-state index in [-0.39, 0.29) is 11.1 Å². The molecule has 2 amide bonds. The molecule has 0 aliphatic carbocycles. The molecular formula is C26H25BrN2O2S. The lowest BCUT2D eigenvalue weighted by Gasteiger charge is -2.12. The van der Waals surface area contributed by atoms with Crippen molar-refractivity contribution in [2.75, 3.05) is 6.54 Å². The van der Waals surface area contributed by atoms with Gasteiger partial charge in [-0.1, -0.05) is 46.3 Å². The van der Waals surface area contributed by atoms with E-state index in [1.165, 1.54) is 10.5 Å². The van der Waals surface area contributed by atoms with Gasteiger partial charge in [0.2, 0.25) is 0 Å². The number of carbonyl (C=O) groups excluding carboxylic acids is 2. The number of thioether (sulfide) groups is 1. The Bertz CT molecular complexity index is 1210. The van der Waals surface area contributed by atoms with Crippen LogP contribution in [0, 0.1) is 20.8 Å². The van der Waals surface area contributed by atoms with Crippen molar-refractivity contribution in [3.63, 3.8) is 0 Å². The summed E-state index contributed by atoms with van der Waals surface area (Å²) in [6, 6.07) is 18.4. The highest BCUT2D eigenvalue weighted by molar-refractivity contribution is 9.10. The monoisotopic (exact) mass is 508 g/mol. The van der Waals surface area contributed by atoms with E-state index in [0.29, 0.717) is 11.4 Å². The summed E-state index contributed by atoms with van der Waals surface area (Å²) in [4.78, 5) is 27.3. The first-order valence-corrected chi connectivity index (χ1v) is 12.2. The van der Waals surface area contributed by atoms with Crippen molar-refractivity contribution < 1.29 is 9.59 Å². The molecule has 0 saturated carbocycles. The fourth-order valence-corrected chi connectivity index (χ4v) is 5.12. The number of aromatic nitrogens is 1. The first-order chi connectivity index (χ1) is 15.3. The topological polar surface area (TPSA) is 42.3 Å². The highest BCUT2D eigenvalue weighted by atomic mass is 79.9. The van der Waals surface area contributed by atoms with Gasteiger partial charge >= 0.3 is 0 Å². The maximum absolute atomic E-state index is 12.9. The van der Waals surface area contributed by atoms with Gasteiger partial charge in [-0.15, -0.1) is 0 Å². The fourth-order valence-electron chi connectivity index (χ4n) is 4.02. The Kier molecular flexibility index (Phi) is 6.72. The molecule has 1 aliphatic rings. The summed E-state index contributed by atoms with van der Waals surface area (Å²) in [5.41, 5.74) is 6.53. The molecule has 0 N–H and O–H groups in total. The Balaban J connectivity index is 1.52. The predicted molar refractivity (Wildman–Crippen MR) is 135 cm³/mol. The number of nitrogens with zero attached hydrogens (tertiary/aromatic N) is 2. The standard InChI is InChI=1S/C26H25BrN2O2S/c1-17-14-22(11-12-23(17)27)29-18(2)15-21(19(29)3)16-24-25(30)28(26(31)32-24)13-7-10-20-8-5-4-6-9-20/h4-6,8-9,11-12,14-16H,7,10,13H2,1-3H3/b24-16-. The molecule has 1 saturated heterocycles. The number of hydrogen-bond donors (Lipinski definition) is 0. The van der Waals surface area contributed by atoms with E-state index in [1.54, 1.807) is 0 Å². The number of halogens is 1. The third-order valence-electron chi connectivity index (χ3n) is 5.72. The van der Waals surface area contributed by atoms with Gasteiger partial charge in [0.1, 0.15) is 0 Å². The molecule has 0 spiro atoms. The molecule has 2 aromatic carbocycles. The van der Waals surface area contributed by atoms with Gasteiger partial charge in [0.25, 0.3) is 11.1 Å². The van der Waals surface area contributed by atoms with Gasteiger partial charge < -0.3 is 4.57 Å². The number of aryl methyl sites for hydroxylation is 3. The van der Waals surface area contributed by atoms with E-state index in [9.17, 15) is 9.59 Å². The van der Waals surface area contributed by atoms with E-state index < -0.39 is 0 Å². The lowest BCUT2D eigenvalue weighted by Crippen LogP contribution is -2.29. The number of benzene rings is 2. The zero-order chi connectivity index (χ0) is 22.8. The van der Waals surface area contributed by atoms with Crippen LogP contribution in [0.25, 0.3) is 11.8 Å². The zero-order valence-corrected chi connectivity index (χ0v) is 20.8. The number of imide groups is 1. The van der Waals surface area contributed by atoms with Gasteiger partial charge in [-0.3, -0.25) is 14.5 Å². The van der Waals surface area contributed by atoms with Crippen LogP contribution >= 0.6 is 27.7 Å². The zero-order valence-electron chi connectivity index (χ0n) is 18.4. The molecule has 1 aromatic heterocycles. The van der Waals surface area contributed by atoms with E-state index in [2.05, 4.69) is 64.7 Å². The predicted octanol–water partition coefficient (Wildman–Crippen LogP) is 6.83. The van der Waals surface area contributed by atoms with Crippen molar-refractivity contribution in [3.05, 3.63) is 92.1 Å². The van der Waals surface area contributed by atoms with E-state index in [4.69, 9.17) is 0 Å².